The Morgan fingerprint density at radius 1 is 1.05 bits per heavy atom. The highest BCUT2D eigenvalue weighted by Crippen LogP contribution is 2.22. The summed E-state index contributed by atoms with van der Waals surface area (Å²) in [6.07, 6.45) is 0. The van der Waals surface area contributed by atoms with Crippen molar-refractivity contribution in [2.24, 2.45) is 0 Å². The first-order chi connectivity index (χ1) is 9.60. The van der Waals surface area contributed by atoms with Gasteiger partial charge in [-0.15, -0.1) is 0 Å². The van der Waals surface area contributed by atoms with Gasteiger partial charge in [-0.3, -0.25) is 0 Å². The summed E-state index contributed by atoms with van der Waals surface area (Å²) in [5.74, 6) is -0.258. The Labute approximate surface area is 117 Å². The number of hydrogen-bond donors (Lipinski definition) is 1. The quantitative estimate of drug-likeness (QED) is 0.902. The monoisotopic (exact) mass is 277 g/mol. The maximum absolute atomic E-state index is 13.5. The van der Waals surface area contributed by atoms with Crippen molar-refractivity contribution >= 4 is 0 Å². The first-order valence-electron chi connectivity index (χ1n) is 6.41. The number of benzene rings is 2. The van der Waals surface area contributed by atoms with Gasteiger partial charge in [0.05, 0.1) is 0 Å². The number of nitrogens with one attached hydrogen (secondary N) is 1. The van der Waals surface area contributed by atoms with Crippen molar-refractivity contribution in [3.8, 4) is 5.75 Å². The Morgan fingerprint density at radius 3 is 2.60 bits per heavy atom. The van der Waals surface area contributed by atoms with Crippen LogP contribution in [0.5, 0.6) is 5.75 Å². The minimum Gasteiger partial charge on any atom is -0.488 e. The van der Waals surface area contributed by atoms with E-state index in [2.05, 4.69) is 5.32 Å². The smallest absolute Gasteiger partial charge is 0.130 e. The minimum absolute atomic E-state index is 0.00334. The average Bonchev–Trinajstić information content (AvgIpc) is 2.42. The van der Waals surface area contributed by atoms with E-state index < -0.39 is 11.6 Å². The highest BCUT2D eigenvalue weighted by Gasteiger charge is 2.07. The van der Waals surface area contributed by atoms with E-state index in [1.54, 1.807) is 0 Å². The molecule has 2 aromatic rings. The highest BCUT2D eigenvalue weighted by atomic mass is 19.1. The third-order valence-electron chi connectivity index (χ3n) is 2.97. The van der Waals surface area contributed by atoms with Crippen LogP contribution in [0, 0.1) is 18.6 Å². The fraction of sp³-hybridized carbons (Fsp3) is 0.250. The molecule has 0 spiro atoms. The predicted molar refractivity (Wildman–Crippen MR) is 74.6 cm³/mol. The summed E-state index contributed by atoms with van der Waals surface area (Å²) in [5, 5.41) is 3.06. The van der Waals surface area contributed by atoms with E-state index in [0.717, 1.165) is 29.3 Å². The van der Waals surface area contributed by atoms with Crippen LogP contribution in [0.25, 0.3) is 0 Å². The lowest BCUT2D eigenvalue weighted by atomic mass is 10.1. The molecule has 0 saturated carbocycles. The Balaban J connectivity index is 2.16. The van der Waals surface area contributed by atoms with Gasteiger partial charge in [-0.2, -0.15) is 0 Å². The summed E-state index contributed by atoms with van der Waals surface area (Å²) < 4.78 is 32.2. The van der Waals surface area contributed by atoms with Gasteiger partial charge in [-0.25, -0.2) is 8.78 Å². The lowest BCUT2D eigenvalue weighted by Gasteiger charge is -2.12. The van der Waals surface area contributed by atoms with Crippen molar-refractivity contribution < 1.29 is 13.5 Å². The zero-order chi connectivity index (χ0) is 14.5. The second kappa shape index (κ2) is 6.48. The third kappa shape index (κ3) is 3.54. The number of halogens is 2. The number of rotatable bonds is 5. The summed E-state index contributed by atoms with van der Waals surface area (Å²) in [6.45, 7) is 2.65. The van der Waals surface area contributed by atoms with E-state index in [-0.39, 0.29) is 12.2 Å². The molecule has 2 rings (SSSR count). The Morgan fingerprint density at radius 2 is 1.85 bits per heavy atom. The second-order valence-electron chi connectivity index (χ2n) is 4.67. The normalized spacial score (nSPS) is 10.6. The van der Waals surface area contributed by atoms with Crippen molar-refractivity contribution in [2.45, 2.75) is 20.1 Å². The molecule has 0 fully saturated rings. The maximum Gasteiger partial charge on any atom is 0.130 e. The zero-order valence-electron chi connectivity index (χ0n) is 11.5. The van der Waals surface area contributed by atoms with Gasteiger partial charge in [-0.05, 0) is 38.2 Å². The van der Waals surface area contributed by atoms with Gasteiger partial charge in [0.25, 0.3) is 0 Å². The molecule has 0 saturated heterocycles. The summed E-state index contributed by atoms with van der Waals surface area (Å²) in [4.78, 5) is 0. The topological polar surface area (TPSA) is 21.3 Å². The van der Waals surface area contributed by atoms with Crippen molar-refractivity contribution in [3.05, 3.63) is 64.7 Å². The van der Waals surface area contributed by atoms with Crippen LogP contribution < -0.4 is 10.1 Å². The molecule has 0 bridgehead atoms. The summed E-state index contributed by atoms with van der Waals surface area (Å²) >= 11 is 0. The number of hydrogen-bond acceptors (Lipinski definition) is 2. The molecule has 0 aliphatic heterocycles. The van der Waals surface area contributed by atoms with Crippen molar-refractivity contribution in [3.63, 3.8) is 0 Å². The van der Waals surface area contributed by atoms with Crippen molar-refractivity contribution in [1.29, 1.82) is 0 Å². The van der Waals surface area contributed by atoms with Crippen LogP contribution in [0.1, 0.15) is 16.7 Å². The van der Waals surface area contributed by atoms with E-state index in [1.165, 1.54) is 0 Å². The highest BCUT2D eigenvalue weighted by molar-refractivity contribution is 5.37. The van der Waals surface area contributed by atoms with Crippen molar-refractivity contribution in [1.82, 2.24) is 5.32 Å². The van der Waals surface area contributed by atoms with Crippen LogP contribution in [-0.4, -0.2) is 7.05 Å². The summed E-state index contributed by atoms with van der Waals surface area (Å²) in [7, 11) is 1.85. The van der Waals surface area contributed by atoms with Gasteiger partial charge < -0.3 is 10.1 Å². The molecule has 0 aliphatic carbocycles. The van der Waals surface area contributed by atoms with E-state index in [4.69, 9.17) is 4.74 Å². The van der Waals surface area contributed by atoms with Gasteiger partial charge in [0, 0.05) is 17.7 Å². The summed E-state index contributed by atoms with van der Waals surface area (Å²) in [6, 6.07) is 9.14. The molecule has 0 heterocycles. The minimum atomic E-state index is -0.468. The molecule has 1 N–H and O–H groups in total. The van der Waals surface area contributed by atoms with Crippen LogP contribution >= 0.6 is 0 Å². The van der Waals surface area contributed by atoms with Gasteiger partial charge >= 0.3 is 0 Å². The van der Waals surface area contributed by atoms with Gasteiger partial charge in [0.1, 0.15) is 24.0 Å². The Bertz CT molecular complexity index is 599. The van der Waals surface area contributed by atoms with Crippen molar-refractivity contribution in [2.75, 3.05) is 7.05 Å². The largest absolute Gasteiger partial charge is 0.488 e. The standard InChI is InChI=1S/C16H17F2NO/c1-11-3-6-16(12(7-11)9-19-2)20-10-13-8-14(17)4-5-15(13)18/h3-8,19H,9-10H2,1-2H3. The lowest BCUT2D eigenvalue weighted by Crippen LogP contribution is -2.08. The fourth-order valence-corrected chi connectivity index (χ4v) is 1.99. The van der Waals surface area contributed by atoms with E-state index in [0.29, 0.717) is 12.3 Å². The Hall–Kier alpha value is -1.94. The first-order valence-corrected chi connectivity index (χ1v) is 6.41. The van der Waals surface area contributed by atoms with E-state index in [1.807, 2.05) is 32.2 Å². The third-order valence-corrected chi connectivity index (χ3v) is 2.97. The molecule has 20 heavy (non-hydrogen) atoms. The molecular weight excluding hydrogens is 260 g/mol. The second-order valence-corrected chi connectivity index (χ2v) is 4.67. The molecule has 2 aromatic carbocycles. The molecule has 0 atom stereocenters. The SMILES string of the molecule is CNCc1cc(C)ccc1OCc1cc(F)ccc1F. The van der Waals surface area contributed by atoms with Crippen LogP contribution in [-0.2, 0) is 13.2 Å². The molecule has 0 aromatic heterocycles. The molecule has 0 radical (unpaired) electrons. The molecule has 2 nitrogen and oxygen atoms in total. The van der Waals surface area contributed by atoms with Crippen LogP contribution in [0.15, 0.2) is 36.4 Å². The van der Waals surface area contributed by atoms with E-state index in [9.17, 15) is 8.78 Å². The van der Waals surface area contributed by atoms with Crippen LogP contribution in [0.3, 0.4) is 0 Å². The molecule has 0 unspecified atom stereocenters. The molecule has 0 amide bonds. The molecule has 106 valence electrons. The van der Waals surface area contributed by atoms with E-state index >= 15 is 0 Å². The number of ether oxygens (including phenoxy) is 1. The van der Waals surface area contributed by atoms with Crippen LogP contribution in [0.2, 0.25) is 0 Å². The van der Waals surface area contributed by atoms with Gasteiger partial charge in [-0.1, -0.05) is 17.7 Å². The molecule has 4 heteroatoms. The maximum atomic E-state index is 13.5. The first kappa shape index (κ1) is 14.5. The van der Waals surface area contributed by atoms with Gasteiger partial charge in [0.15, 0.2) is 0 Å². The molecule has 0 aliphatic rings. The fourth-order valence-electron chi connectivity index (χ4n) is 1.99. The Kier molecular flexibility index (Phi) is 4.69. The summed E-state index contributed by atoms with van der Waals surface area (Å²) in [5.41, 5.74) is 2.32. The lowest BCUT2D eigenvalue weighted by molar-refractivity contribution is 0.295. The number of aryl methyl sites for hydroxylation is 1. The van der Waals surface area contributed by atoms with Gasteiger partial charge in [0.2, 0.25) is 0 Å². The average molecular weight is 277 g/mol. The molecular formula is C16H17F2NO. The van der Waals surface area contributed by atoms with Crippen LogP contribution in [0.4, 0.5) is 8.78 Å². The predicted octanol–water partition coefficient (Wildman–Crippen LogP) is 3.57. The zero-order valence-corrected chi connectivity index (χ0v) is 11.5.